The molecule has 0 bridgehead atoms. The van der Waals surface area contributed by atoms with E-state index in [2.05, 4.69) is 10.8 Å². The molecule has 0 saturated heterocycles. The van der Waals surface area contributed by atoms with Crippen molar-refractivity contribution in [3.8, 4) is 0 Å². The molecule has 1 unspecified atom stereocenters. The quantitative estimate of drug-likeness (QED) is 0.0702. The van der Waals surface area contributed by atoms with E-state index in [1.165, 1.54) is 12.1 Å². The molecule has 16 heteroatoms. The summed E-state index contributed by atoms with van der Waals surface area (Å²) in [4.78, 5) is 41.2. The first-order valence-corrected chi connectivity index (χ1v) is 15.7. The van der Waals surface area contributed by atoms with Crippen molar-refractivity contribution >= 4 is 33.8 Å². The van der Waals surface area contributed by atoms with Crippen molar-refractivity contribution in [3.63, 3.8) is 0 Å². The van der Waals surface area contributed by atoms with Crippen LogP contribution in [0.3, 0.4) is 0 Å². The average molecular weight is 657 g/mol. The fraction of sp³-hybridized carbons (Fsp3) is 0.448. The first-order chi connectivity index (χ1) is 21.2. The van der Waals surface area contributed by atoms with Gasteiger partial charge in [-0.05, 0) is 50.3 Å². The number of halogens is 3. The first kappa shape index (κ1) is 37.0. The summed E-state index contributed by atoms with van der Waals surface area (Å²) < 4.78 is 63.6. The van der Waals surface area contributed by atoms with Gasteiger partial charge in [-0.3, -0.25) is 19.8 Å². The number of sulfonamides is 1. The van der Waals surface area contributed by atoms with E-state index >= 15 is 0 Å². The van der Waals surface area contributed by atoms with Crippen LogP contribution in [0.5, 0.6) is 0 Å². The lowest BCUT2D eigenvalue weighted by Crippen LogP contribution is -2.46. The highest BCUT2D eigenvalue weighted by Crippen LogP contribution is 2.17. The number of guanidine groups is 1. The van der Waals surface area contributed by atoms with E-state index < -0.39 is 46.0 Å². The van der Waals surface area contributed by atoms with Gasteiger partial charge in [0.05, 0.1) is 11.3 Å². The van der Waals surface area contributed by atoms with Crippen LogP contribution in [0.4, 0.5) is 13.2 Å². The number of rotatable bonds is 18. The van der Waals surface area contributed by atoms with Gasteiger partial charge in [0.25, 0.3) is 10.0 Å². The predicted octanol–water partition coefficient (Wildman–Crippen LogP) is 2.67. The maximum absolute atomic E-state index is 13.1. The number of hydrogen-bond acceptors (Lipinski definition) is 8. The fourth-order valence-electron chi connectivity index (χ4n) is 4.07. The molecule has 0 spiro atoms. The van der Waals surface area contributed by atoms with Crippen LogP contribution in [0.15, 0.2) is 59.5 Å². The fourth-order valence-corrected chi connectivity index (χ4v) is 5.43. The smallest absolute Gasteiger partial charge is 0.370 e. The zero-order chi connectivity index (χ0) is 33.5. The van der Waals surface area contributed by atoms with Gasteiger partial charge in [-0.25, -0.2) is 12.7 Å². The third-order valence-corrected chi connectivity index (χ3v) is 8.33. The summed E-state index contributed by atoms with van der Waals surface area (Å²) in [6, 6.07) is 13.8. The Morgan fingerprint density at radius 3 is 2.11 bits per heavy atom. The standard InChI is InChI=1S/C29H39F3N6O6S/c1-21-13-15-23(16-14-21)45(42,43)38(28(33)34)19-9-12-24(37-44-25(39)20-22-10-5-4-6-11-22)26(40)35-17-7-2-3-8-18-36-27(41)29(30,31)32/h4-6,10-11,13-16,24,37H,2-3,7-9,12,17-20H2,1H3,(H3,33,34)(H,35,40)(H,36,41). The number of hydroxylamine groups is 1. The lowest BCUT2D eigenvalue weighted by Gasteiger charge is -2.24. The van der Waals surface area contributed by atoms with Gasteiger partial charge in [-0.2, -0.15) is 13.2 Å². The van der Waals surface area contributed by atoms with E-state index in [1.807, 2.05) is 0 Å². The number of nitrogens with two attached hydrogens (primary N) is 1. The lowest BCUT2D eigenvalue weighted by molar-refractivity contribution is -0.173. The van der Waals surface area contributed by atoms with Crippen LogP contribution in [0.2, 0.25) is 0 Å². The predicted molar refractivity (Wildman–Crippen MR) is 160 cm³/mol. The third-order valence-electron chi connectivity index (χ3n) is 6.50. The van der Waals surface area contributed by atoms with Crippen molar-refractivity contribution in [2.45, 2.75) is 69.0 Å². The maximum atomic E-state index is 13.1. The number of aryl methyl sites for hydroxylation is 1. The van der Waals surface area contributed by atoms with Crippen molar-refractivity contribution in [1.82, 2.24) is 20.4 Å². The topological polar surface area (TPSA) is 184 Å². The number of carbonyl (C=O) groups is 3. The molecule has 2 rings (SSSR count). The summed E-state index contributed by atoms with van der Waals surface area (Å²) in [5.41, 5.74) is 9.60. The molecule has 2 aromatic carbocycles. The Hall–Kier alpha value is -4.18. The second-order valence-electron chi connectivity index (χ2n) is 10.2. The number of hydrogen-bond donors (Lipinski definition) is 5. The highest BCUT2D eigenvalue weighted by atomic mass is 32.2. The van der Waals surface area contributed by atoms with Crippen molar-refractivity contribution < 1.29 is 40.8 Å². The average Bonchev–Trinajstić information content (AvgIpc) is 2.97. The zero-order valence-corrected chi connectivity index (χ0v) is 25.7. The largest absolute Gasteiger partial charge is 0.471 e. The Kier molecular flexibility index (Phi) is 14.8. The van der Waals surface area contributed by atoms with Crippen LogP contribution in [-0.2, 0) is 35.7 Å². The van der Waals surface area contributed by atoms with Crippen LogP contribution in [0, 0.1) is 12.3 Å². The lowest BCUT2D eigenvalue weighted by atomic mass is 10.1. The minimum atomic E-state index is -4.93. The van der Waals surface area contributed by atoms with E-state index in [0.29, 0.717) is 31.2 Å². The highest BCUT2D eigenvalue weighted by molar-refractivity contribution is 7.89. The molecule has 0 aliphatic rings. The van der Waals surface area contributed by atoms with Gasteiger partial charge in [0.1, 0.15) is 6.04 Å². The number of amides is 2. The second-order valence-corrected chi connectivity index (χ2v) is 12.0. The molecule has 0 fully saturated rings. The molecule has 248 valence electrons. The Labute approximate surface area is 260 Å². The van der Waals surface area contributed by atoms with Crippen LogP contribution < -0.4 is 21.8 Å². The normalized spacial score (nSPS) is 12.2. The number of carbonyl (C=O) groups excluding carboxylic acids is 3. The van der Waals surface area contributed by atoms with Crippen molar-refractivity contribution in [2.75, 3.05) is 19.6 Å². The number of nitrogens with zero attached hydrogens (tertiary/aromatic N) is 1. The van der Waals surface area contributed by atoms with E-state index in [4.69, 9.17) is 16.0 Å². The molecular formula is C29H39F3N6O6S. The Bertz CT molecular complexity index is 1380. The molecule has 12 nitrogen and oxygen atoms in total. The van der Waals surface area contributed by atoms with Crippen molar-refractivity contribution in [2.24, 2.45) is 5.73 Å². The van der Waals surface area contributed by atoms with Gasteiger partial charge in [0, 0.05) is 19.6 Å². The molecule has 1 atom stereocenters. The summed E-state index contributed by atoms with van der Waals surface area (Å²) in [7, 11) is -4.14. The van der Waals surface area contributed by atoms with Gasteiger partial charge in [-0.15, -0.1) is 5.48 Å². The highest BCUT2D eigenvalue weighted by Gasteiger charge is 2.38. The Balaban J connectivity index is 1.93. The summed E-state index contributed by atoms with van der Waals surface area (Å²) in [5.74, 6) is -3.87. The van der Waals surface area contributed by atoms with Gasteiger partial charge in [0.15, 0.2) is 0 Å². The van der Waals surface area contributed by atoms with Crippen molar-refractivity contribution in [1.29, 1.82) is 5.41 Å². The number of unbranched alkanes of at least 4 members (excludes halogenated alkanes) is 3. The maximum Gasteiger partial charge on any atom is 0.471 e. The summed E-state index contributed by atoms with van der Waals surface area (Å²) in [5, 5.41) is 12.3. The first-order valence-electron chi connectivity index (χ1n) is 14.3. The molecule has 0 aliphatic carbocycles. The Morgan fingerprint density at radius 1 is 0.933 bits per heavy atom. The summed E-state index contributed by atoms with van der Waals surface area (Å²) >= 11 is 0. The molecule has 0 aromatic heterocycles. The van der Waals surface area contributed by atoms with Gasteiger partial charge in [0.2, 0.25) is 11.9 Å². The molecule has 2 aromatic rings. The number of alkyl halides is 3. The minimum Gasteiger partial charge on any atom is -0.370 e. The Morgan fingerprint density at radius 2 is 1.53 bits per heavy atom. The van der Waals surface area contributed by atoms with E-state index in [-0.39, 0.29) is 43.8 Å². The van der Waals surface area contributed by atoms with Crippen LogP contribution in [-0.4, -0.2) is 68.3 Å². The van der Waals surface area contributed by atoms with Gasteiger partial charge >= 0.3 is 18.1 Å². The van der Waals surface area contributed by atoms with Crippen LogP contribution in [0.1, 0.15) is 49.7 Å². The molecule has 45 heavy (non-hydrogen) atoms. The molecular weight excluding hydrogens is 617 g/mol. The van der Waals surface area contributed by atoms with E-state index in [0.717, 1.165) is 9.87 Å². The molecule has 0 heterocycles. The zero-order valence-electron chi connectivity index (χ0n) is 24.9. The second kappa shape index (κ2) is 17.9. The molecule has 2 amide bonds. The number of benzene rings is 2. The van der Waals surface area contributed by atoms with E-state index in [1.54, 1.807) is 54.7 Å². The van der Waals surface area contributed by atoms with E-state index in [9.17, 15) is 36.0 Å². The van der Waals surface area contributed by atoms with Crippen LogP contribution >= 0.6 is 0 Å². The summed E-state index contributed by atoms with van der Waals surface area (Å²) in [6.45, 7) is 1.67. The molecule has 0 radical (unpaired) electrons. The number of nitrogens with one attached hydrogen (secondary N) is 4. The molecule has 0 aliphatic heterocycles. The summed E-state index contributed by atoms with van der Waals surface area (Å²) in [6.07, 6.45) is -3.00. The van der Waals surface area contributed by atoms with Crippen molar-refractivity contribution in [3.05, 3.63) is 65.7 Å². The molecule has 6 N–H and O–H groups in total. The van der Waals surface area contributed by atoms with Gasteiger partial charge < -0.3 is 21.2 Å². The minimum absolute atomic E-state index is 0.0105. The van der Waals surface area contributed by atoms with Crippen LogP contribution in [0.25, 0.3) is 0 Å². The monoisotopic (exact) mass is 656 g/mol. The SMILES string of the molecule is Cc1ccc(S(=O)(=O)N(CCCC(NOC(=O)Cc2ccccc2)C(=O)NCCCCCCNC(=O)C(F)(F)F)C(=N)N)cc1. The molecule has 0 saturated carbocycles. The third kappa shape index (κ3) is 13.1. The van der Waals surface area contributed by atoms with Gasteiger partial charge in [-0.1, -0.05) is 60.9 Å².